The molecule has 1 amide bonds. The summed E-state index contributed by atoms with van der Waals surface area (Å²) < 4.78 is 5.67. The molecule has 3 rings (SSSR count). The number of hydrogen-bond acceptors (Lipinski definition) is 3. The fourth-order valence-corrected chi connectivity index (χ4v) is 3.08. The molecule has 0 aliphatic heterocycles. The summed E-state index contributed by atoms with van der Waals surface area (Å²) >= 11 is 0. The van der Waals surface area contributed by atoms with Gasteiger partial charge in [-0.15, -0.1) is 0 Å². The van der Waals surface area contributed by atoms with Gasteiger partial charge in [-0.05, 0) is 37.8 Å². The number of hydrogen-bond donors (Lipinski definition) is 1. The Kier molecular flexibility index (Phi) is 4.27. The minimum atomic E-state index is -0.123. The maximum absolute atomic E-state index is 12.5. The molecule has 0 unspecified atom stereocenters. The molecule has 0 spiro atoms. The van der Waals surface area contributed by atoms with Crippen LogP contribution in [-0.2, 0) is 0 Å². The second kappa shape index (κ2) is 6.34. The van der Waals surface area contributed by atoms with Crippen LogP contribution in [0.1, 0.15) is 48.9 Å². The molecule has 1 heterocycles. The Morgan fingerprint density at radius 1 is 1.23 bits per heavy atom. The first kappa shape index (κ1) is 14.8. The highest BCUT2D eigenvalue weighted by Gasteiger charge is 2.25. The van der Waals surface area contributed by atoms with E-state index in [1.54, 1.807) is 6.92 Å². The maximum atomic E-state index is 12.5. The molecule has 0 radical (unpaired) electrons. The van der Waals surface area contributed by atoms with Crippen LogP contribution < -0.4 is 5.32 Å². The van der Waals surface area contributed by atoms with E-state index >= 15 is 0 Å². The summed E-state index contributed by atoms with van der Waals surface area (Å²) in [5.41, 5.74) is 1.28. The first-order chi connectivity index (χ1) is 10.6. The van der Waals surface area contributed by atoms with Gasteiger partial charge in [0.1, 0.15) is 5.76 Å². The topological polar surface area (TPSA) is 55.1 Å². The normalized spacial score (nSPS) is 21.5. The van der Waals surface area contributed by atoms with Crippen LogP contribution in [0, 0.1) is 12.8 Å². The summed E-state index contributed by atoms with van der Waals surface area (Å²) in [6.45, 7) is 3.99. The second-order valence-electron chi connectivity index (χ2n) is 6.13. The highest BCUT2D eigenvalue weighted by molar-refractivity contribution is 5.93. The molecule has 1 aromatic heterocycles. The van der Waals surface area contributed by atoms with Gasteiger partial charge in [-0.25, -0.2) is 4.98 Å². The smallest absolute Gasteiger partial charge is 0.273 e. The highest BCUT2D eigenvalue weighted by atomic mass is 16.4. The predicted molar refractivity (Wildman–Crippen MR) is 85.6 cm³/mol. The number of rotatable bonds is 3. The Bertz CT molecular complexity index is 648. The zero-order chi connectivity index (χ0) is 15.5. The summed E-state index contributed by atoms with van der Waals surface area (Å²) in [5.74, 6) is 1.47. The maximum Gasteiger partial charge on any atom is 0.273 e. The zero-order valence-corrected chi connectivity index (χ0v) is 13.1. The van der Waals surface area contributed by atoms with Crippen molar-refractivity contribution in [3.05, 3.63) is 41.8 Å². The van der Waals surface area contributed by atoms with Gasteiger partial charge in [0.05, 0.1) is 0 Å². The van der Waals surface area contributed by atoms with Crippen LogP contribution in [0.4, 0.5) is 0 Å². The van der Waals surface area contributed by atoms with Crippen molar-refractivity contribution < 1.29 is 9.21 Å². The largest absolute Gasteiger partial charge is 0.441 e. The van der Waals surface area contributed by atoms with Crippen LogP contribution >= 0.6 is 0 Å². The highest BCUT2D eigenvalue weighted by Crippen LogP contribution is 2.25. The van der Waals surface area contributed by atoms with Gasteiger partial charge in [-0.3, -0.25) is 4.79 Å². The van der Waals surface area contributed by atoms with Crippen molar-refractivity contribution in [1.82, 2.24) is 10.3 Å². The third-order valence-corrected chi connectivity index (χ3v) is 4.46. The van der Waals surface area contributed by atoms with Crippen molar-refractivity contribution in [3.63, 3.8) is 0 Å². The Hall–Kier alpha value is -2.10. The van der Waals surface area contributed by atoms with Crippen LogP contribution in [0.5, 0.6) is 0 Å². The zero-order valence-electron chi connectivity index (χ0n) is 13.1. The van der Waals surface area contributed by atoms with Gasteiger partial charge in [-0.1, -0.05) is 38.0 Å². The lowest BCUT2D eigenvalue weighted by atomic mass is 9.86. The molecule has 1 aromatic carbocycles. The van der Waals surface area contributed by atoms with Gasteiger partial charge in [0, 0.05) is 11.6 Å². The monoisotopic (exact) mass is 298 g/mol. The van der Waals surface area contributed by atoms with Gasteiger partial charge in [0.15, 0.2) is 5.69 Å². The van der Waals surface area contributed by atoms with E-state index in [1.165, 1.54) is 19.3 Å². The lowest BCUT2D eigenvalue weighted by molar-refractivity contribution is 0.0904. The summed E-state index contributed by atoms with van der Waals surface area (Å²) in [5, 5.41) is 3.13. The summed E-state index contributed by atoms with van der Waals surface area (Å²) in [6.07, 6.45) is 4.67. The molecule has 1 N–H and O–H groups in total. The lowest BCUT2D eigenvalue weighted by Crippen LogP contribution is -2.41. The van der Waals surface area contributed by atoms with Gasteiger partial charge in [-0.2, -0.15) is 0 Å². The van der Waals surface area contributed by atoms with E-state index in [4.69, 9.17) is 4.42 Å². The molecule has 4 heteroatoms. The standard InChI is InChI=1S/C18H22N2O2/c1-12-8-6-7-11-15(12)19-17(21)16-13(2)22-18(20-16)14-9-4-3-5-10-14/h3-5,9-10,12,15H,6-8,11H2,1-2H3,(H,19,21)/t12-,15-/m0/s1. The van der Waals surface area contributed by atoms with Crippen LogP contribution in [0.3, 0.4) is 0 Å². The van der Waals surface area contributed by atoms with Crippen LogP contribution in [0.2, 0.25) is 0 Å². The van der Waals surface area contributed by atoms with Crippen LogP contribution in [0.15, 0.2) is 34.7 Å². The Morgan fingerprint density at radius 2 is 1.95 bits per heavy atom. The minimum Gasteiger partial charge on any atom is -0.441 e. The molecule has 2 aromatic rings. The van der Waals surface area contributed by atoms with E-state index in [1.807, 2.05) is 30.3 Å². The van der Waals surface area contributed by atoms with E-state index in [9.17, 15) is 4.79 Å². The Balaban J connectivity index is 1.77. The number of nitrogens with one attached hydrogen (secondary N) is 1. The third kappa shape index (κ3) is 3.06. The number of aromatic nitrogens is 1. The van der Waals surface area contributed by atoms with Crippen molar-refractivity contribution >= 4 is 5.91 Å². The van der Waals surface area contributed by atoms with Crippen LogP contribution in [0.25, 0.3) is 11.5 Å². The van der Waals surface area contributed by atoms with E-state index in [-0.39, 0.29) is 11.9 Å². The number of carbonyl (C=O) groups excluding carboxylic acids is 1. The molecular formula is C18H22N2O2. The summed E-state index contributed by atoms with van der Waals surface area (Å²) in [6, 6.07) is 9.90. The quantitative estimate of drug-likeness (QED) is 0.933. The van der Waals surface area contributed by atoms with Gasteiger partial charge < -0.3 is 9.73 Å². The summed E-state index contributed by atoms with van der Waals surface area (Å²) in [7, 11) is 0. The molecule has 1 saturated carbocycles. The van der Waals surface area contributed by atoms with Gasteiger partial charge >= 0.3 is 0 Å². The molecule has 4 nitrogen and oxygen atoms in total. The number of benzene rings is 1. The fraction of sp³-hybridized carbons (Fsp3) is 0.444. The number of aryl methyl sites for hydroxylation is 1. The van der Waals surface area contributed by atoms with Crippen molar-refractivity contribution in [2.24, 2.45) is 5.92 Å². The van der Waals surface area contributed by atoms with Gasteiger partial charge in [0.25, 0.3) is 5.91 Å². The number of carbonyl (C=O) groups is 1. The van der Waals surface area contributed by atoms with Crippen molar-refractivity contribution in [3.8, 4) is 11.5 Å². The summed E-state index contributed by atoms with van der Waals surface area (Å²) in [4.78, 5) is 16.9. The first-order valence-corrected chi connectivity index (χ1v) is 7.99. The molecular weight excluding hydrogens is 276 g/mol. The predicted octanol–water partition coefficient (Wildman–Crippen LogP) is 3.96. The molecule has 1 aliphatic rings. The molecule has 22 heavy (non-hydrogen) atoms. The van der Waals surface area contributed by atoms with Crippen molar-refractivity contribution in [2.75, 3.05) is 0 Å². The Labute approximate surface area is 130 Å². The number of amides is 1. The number of nitrogens with zero attached hydrogens (tertiary/aromatic N) is 1. The van der Waals surface area contributed by atoms with Crippen LogP contribution in [-0.4, -0.2) is 16.9 Å². The minimum absolute atomic E-state index is 0.123. The average Bonchev–Trinajstić information content (AvgIpc) is 2.92. The third-order valence-electron chi connectivity index (χ3n) is 4.46. The Morgan fingerprint density at radius 3 is 2.68 bits per heavy atom. The molecule has 0 bridgehead atoms. The molecule has 1 aliphatic carbocycles. The molecule has 0 saturated heterocycles. The van der Waals surface area contributed by atoms with E-state index in [0.717, 1.165) is 12.0 Å². The van der Waals surface area contributed by atoms with Crippen molar-refractivity contribution in [1.29, 1.82) is 0 Å². The van der Waals surface area contributed by atoms with E-state index in [0.29, 0.717) is 23.3 Å². The molecule has 116 valence electrons. The SMILES string of the molecule is Cc1oc(-c2ccccc2)nc1C(=O)N[C@H]1CCCC[C@@H]1C. The first-order valence-electron chi connectivity index (χ1n) is 7.99. The second-order valence-corrected chi connectivity index (χ2v) is 6.13. The lowest BCUT2D eigenvalue weighted by Gasteiger charge is -2.29. The van der Waals surface area contributed by atoms with Crippen molar-refractivity contribution in [2.45, 2.75) is 45.6 Å². The van der Waals surface area contributed by atoms with E-state index in [2.05, 4.69) is 17.2 Å². The van der Waals surface area contributed by atoms with E-state index < -0.39 is 0 Å². The average molecular weight is 298 g/mol. The number of oxazole rings is 1. The fourth-order valence-electron chi connectivity index (χ4n) is 3.08. The molecule has 2 atom stereocenters. The van der Waals surface area contributed by atoms with Gasteiger partial charge in [0.2, 0.25) is 5.89 Å². The molecule has 1 fully saturated rings.